The van der Waals surface area contributed by atoms with E-state index >= 15 is 0 Å². The molecule has 6 heteroatoms. The molecule has 0 aromatic rings. The zero-order chi connectivity index (χ0) is 13.1. The first kappa shape index (κ1) is 14.4. The Hall–Kier alpha value is -0.640. The first-order chi connectivity index (χ1) is 7.87. The van der Waals surface area contributed by atoms with Crippen LogP contribution in [-0.2, 0) is 10.0 Å². The molecule has 1 saturated heterocycles. The normalized spacial score (nSPS) is 21.4. The summed E-state index contributed by atoms with van der Waals surface area (Å²) in [6.07, 6.45) is 2.05. The molecule has 17 heavy (non-hydrogen) atoms. The van der Waals surface area contributed by atoms with Crippen LogP contribution in [0.2, 0.25) is 0 Å². The van der Waals surface area contributed by atoms with E-state index in [0.29, 0.717) is 12.5 Å². The van der Waals surface area contributed by atoms with Gasteiger partial charge in [0.15, 0.2) is 5.25 Å². The third-order valence-corrected chi connectivity index (χ3v) is 5.43. The van der Waals surface area contributed by atoms with Crippen molar-refractivity contribution in [2.45, 2.75) is 25.0 Å². The summed E-state index contributed by atoms with van der Waals surface area (Å²) in [6, 6.07) is 1.79. The number of piperidine rings is 1. The largest absolute Gasteiger partial charge is 0.306 e. The Balaban J connectivity index is 2.55. The van der Waals surface area contributed by atoms with E-state index in [2.05, 4.69) is 11.9 Å². The highest BCUT2D eigenvalue weighted by atomic mass is 32.2. The van der Waals surface area contributed by atoms with E-state index in [0.717, 1.165) is 25.9 Å². The fourth-order valence-electron chi connectivity index (χ4n) is 2.05. The van der Waals surface area contributed by atoms with Crippen molar-refractivity contribution in [3.05, 3.63) is 0 Å². The fourth-order valence-corrected chi connectivity index (χ4v) is 3.14. The van der Waals surface area contributed by atoms with Crippen molar-refractivity contribution in [3.8, 4) is 6.07 Å². The average Bonchev–Trinajstić information content (AvgIpc) is 2.30. The zero-order valence-electron chi connectivity index (χ0n) is 10.8. The standard InChI is InChI=1S/C11H21N3O2S/c1-10(8-12)17(15,16)14(3)9-11-4-6-13(2)7-5-11/h10-11H,4-7,9H2,1-3H3. The fraction of sp³-hybridized carbons (Fsp3) is 0.909. The molecule has 98 valence electrons. The molecule has 0 aliphatic carbocycles. The molecular weight excluding hydrogens is 238 g/mol. The Kier molecular flexibility index (Phi) is 4.92. The first-order valence-electron chi connectivity index (χ1n) is 5.91. The van der Waals surface area contributed by atoms with Gasteiger partial charge in [0, 0.05) is 13.6 Å². The van der Waals surface area contributed by atoms with Crippen molar-refractivity contribution < 1.29 is 8.42 Å². The second-order valence-electron chi connectivity index (χ2n) is 4.84. The van der Waals surface area contributed by atoms with Crippen LogP contribution in [0.15, 0.2) is 0 Å². The minimum atomic E-state index is -3.44. The Morgan fingerprint density at radius 2 is 2.00 bits per heavy atom. The third-order valence-electron chi connectivity index (χ3n) is 3.42. The van der Waals surface area contributed by atoms with Gasteiger partial charge in [0.05, 0.1) is 6.07 Å². The molecule has 0 N–H and O–H groups in total. The number of rotatable bonds is 4. The summed E-state index contributed by atoms with van der Waals surface area (Å²) >= 11 is 0. The lowest BCUT2D eigenvalue weighted by Crippen LogP contribution is -2.40. The molecule has 0 aromatic carbocycles. The van der Waals surface area contributed by atoms with E-state index in [9.17, 15) is 8.42 Å². The highest BCUT2D eigenvalue weighted by Gasteiger charge is 2.28. The maximum Gasteiger partial charge on any atom is 0.229 e. The quantitative estimate of drug-likeness (QED) is 0.737. The number of sulfonamides is 1. The van der Waals surface area contributed by atoms with Crippen LogP contribution in [0, 0.1) is 17.2 Å². The van der Waals surface area contributed by atoms with Crippen molar-refractivity contribution in [3.63, 3.8) is 0 Å². The minimum Gasteiger partial charge on any atom is -0.306 e. The van der Waals surface area contributed by atoms with Gasteiger partial charge in [-0.05, 0) is 45.8 Å². The molecule has 1 unspecified atom stereocenters. The van der Waals surface area contributed by atoms with Crippen LogP contribution >= 0.6 is 0 Å². The topological polar surface area (TPSA) is 64.4 Å². The zero-order valence-corrected chi connectivity index (χ0v) is 11.6. The molecule has 1 atom stereocenters. The van der Waals surface area contributed by atoms with Gasteiger partial charge < -0.3 is 4.90 Å². The summed E-state index contributed by atoms with van der Waals surface area (Å²) in [6.45, 7) is 4.00. The number of nitriles is 1. The molecule has 0 aromatic heterocycles. The second kappa shape index (κ2) is 5.80. The molecule has 0 spiro atoms. The van der Waals surface area contributed by atoms with Crippen LogP contribution in [0.25, 0.3) is 0 Å². The molecule has 1 aliphatic rings. The summed E-state index contributed by atoms with van der Waals surface area (Å²) in [5.74, 6) is 0.414. The summed E-state index contributed by atoms with van der Waals surface area (Å²) in [7, 11) is 0.205. The van der Waals surface area contributed by atoms with E-state index in [1.807, 2.05) is 0 Å². The van der Waals surface area contributed by atoms with E-state index in [4.69, 9.17) is 5.26 Å². The van der Waals surface area contributed by atoms with Gasteiger partial charge in [0.2, 0.25) is 10.0 Å². The lowest BCUT2D eigenvalue weighted by Gasteiger charge is -2.31. The summed E-state index contributed by atoms with van der Waals surface area (Å²) in [5, 5.41) is 7.74. The Labute approximate surface area is 104 Å². The lowest BCUT2D eigenvalue weighted by atomic mass is 9.97. The van der Waals surface area contributed by atoms with Crippen LogP contribution in [0.5, 0.6) is 0 Å². The monoisotopic (exact) mass is 259 g/mol. The number of hydrogen-bond donors (Lipinski definition) is 0. The van der Waals surface area contributed by atoms with Crippen molar-refractivity contribution in [2.75, 3.05) is 33.7 Å². The van der Waals surface area contributed by atoms with E-state index in [1.165, 1.54) is 11.2 Å². The SMILES string of the molecule is CC(C#N)S(=O)(=O)N(C)CC1CCN(C)CC1. The Morgan fingerprint density at radius 1 is 1.47 bits per heavy atom. The van der Waals surface area contributed by atoms with Crippen molar-refractivity contribution in [1.29, 1.82) is 5.26 Å². The van der Waals surface area contributed by atoms with Crippen LogP contribution in [0.4, 0.5) is 0 Å². The van der Waals surface area contributed by atoms with E-state index < -0.39 is 15.3 Å². The lowest BCUT2D eigenvalue weighted by molar-refractivity contribution is 0.202. The predicted octanol–water partition coefficient (Wildman–Crippen LogP) is 0.502. The number of hydrogen-bond acceptors (Lipinski definition) is 4. The van der Waals surface area contributed by atoms with Gasteiger partial charge in [-0.2, -0.15) is 5.26 Å². The smallest absolute Gasteiger partial charge is 0.229 e. The average molecular weight is 259 g/mol. The van der Waals surface area contributed by atoms with Crippen molar-refractivity contribution >= 4 is 10.0 Å². The van der Waals surface area contributed by atoms with E-state index in [1.54, 1.807) is 13.1 Å². The summed E-state index contributed by atoms with van der Waals surface area (Å²) in [5.41, 5.74) is 0. The maximum absolute atomic E-state index is 11.9. The Bertz CT molecular complexity index is 380. The van der Waals surface area contributed by atoms with Gasteiger partial charge >= 0.3 is 0 Å². The van der Waals surface area contributed by atoms with Crippen molar-refractivity contribution in [1.82, 2.24) is 9.21 Å². The number of nitrogens with zero attached hydrogens (tertiary/aromatic N) is 3. The minimum absolute atomic E-state index is 0.414. The van der Waals surface area contributed by atoms with Crippen LogP contribution in [0.3, 0.4) is 0 Å². The molecule has 5 nitrogen and oxygen atoms in total. The summed E-state index contributed by atoms with van der Waals surface area (Å²) in [4.78, 5) is 2.25. The van der Waals surface area contributed by atoms with E-state index in [-0.39, 0.29) is 0 Å². The molecule has 1 rings (SSSR count). The van der Waals surface area contributed by atoms with Crippen LogP contribution in [-0.4, -0.2) is 56.6 Å². The molecule has 1 aliphatic heterocycles. The highest BCUT2D eigenvalue weighted by molar-refractivity contribution is 7.89. The molecule has 1 heterocycles. The van der Waals surface area contributed by atoms with Gasteiger partial charge in [-0.3, -0.25) is 0 Å². The molecule has 1 fully saturated rings. The summed E-state index contributed by atoms with van der Waals surface area (Å²) < 4.78 is 25.1. The molecule has 0 amide bonds. The van der Waals surface area contributed by atoms with Gasteiger partial charge in [-0.1, -0.05) is 0 Å². The third kappa shape index (κ3) is 3.66. The Morgan fingerprint density at radius 3 is 2.47 bits per heavy atom. The van der Waals surface area contributed by atoms with Crippen molar-refractivity contribution in [2.24, 2.45) is 5.92 Å². The second-order valence-corrected chi connectivity index (χ2v) is 7.20. The molecule has 0 bridgehead atoms. The maximum atomic E-state index is 11.9. The van der Waals surface area contributed by atoms with Gasteiger partial charge in [-0.15, -0.1) is 0 Å². The molecular formula is C11H21N3O2S. The number of likely N-dealkylation sites (tertiary alicyclic amines) is 1. The van der Waals surface area contributed by atoms with Gasteiger partial charge in [0.25, 0.3) is 0 Å². The van der Waals surface area contributed by atoms with Crippen LogP contribution in [0.1, 0.15) is 19.8 Å². The molecule has 0 radical (unpaired) electrons. The van der Waals surface area contributed by atoms with Crippen LogP contribution < -0.4 is 0 Å². The highest BCUT2D eigenvalue weighted by Crippen LogP contribution is 2.19. The first-order valence-corrected chi connectivity index (χ1v) is 7.41. The van der Waals surface area contributed by atoms with Gasteiger partial charge in [-0.25, -0.2) is 12.7 Å². The van der Waals surface area contributed by atoms with Gasteiger partial charge in [0.1, 0.15) is 0 Å². The predicted molar refractivity (Wildman–Crippen MR) is 66.8 cm³/mol. The molecule has 0 saturated carbocycles.